The molecule has 1 nitrogen and oxygen atoms in total. The Morgan fingerprint density at radius 2 is 2.38 bits per heavy atom. The zero-order valence-corrected chi connectivity index (χ0v) is 5.15. The molecule has 1 atom stereocenters. The largest absolute Gasteiger partial charge is 0.316 e. The van der Waals surface area contributed by atoms with E-state index in [1.807, 2.05) is 6.92 Å². The van der Waals surface area contributed by atoms with Gasteiger partial charge in [0, 0.05) is 0 Å². The zero-order chi connectivity index (χ0) is 5.98. The predicted molar refractivity (Wildman–Crippen MR) is 31.5 cm³/mol. The van der Waals surface area contributed by atoms with Crippen LogP contribution in [-0.2, 0) is 0 Å². The van der Waals surface area contributed by atoms with E-state index < -0.39 is 0 Å². The van der Waals surface area contributed by atoms with E-state index in [-0.39, 0.29) is 12.6 Å². The lowest BCUT2D eigenvalue weighted by Crippen LogP contribution is -2.45. The monoisotopic (exact) mass is 117 g/mol. The molecule has 2 heteroatoms. The van der Waals surface area contributed by atoms with E-state index in [9.17, 15) is 4.39 Å². The van der Waals surface area contributed by atoms with Gasteiger partial charge in [-0.25, -0.2) is 0 Å². The van der Waals surface area contributed by atoms with Gasteiger partial charge in [-0.2, -0.15) is 0 Å². The Morgan fingerprint density at radius 1 is 1.75 bits per heavy atom. The highest BCUT2D eigenvalue weighted by Gasteiger charge is 2.22. The molecule has 0 spiro atoms. The first-order chi connectivity index (χ1) is 3.84. The second-order valence-electron chi connectivity index (χ2n) is 2.55. The highest BCUT2D eigenvalue weighted by Crippen LogP contribution is 2.15. The van der Waals surface area contributed by atoms with Gasteiger partial charge < -0.3 is 5.32 Å². The quantitative estimate of drug-likeness (QED) is 0.564. The fourth-order valence-electron chi connectivity index (χ4n) is 0.839. The van der Waals surface area contributed by atoms with Crippen molar-refractivity contribution < 1.29 is 4.39 Å². The van der Waals surface area contributed by atoms with E-state index in [1.165, 1.54) is 0 Å². The maximum atomic E-state index is 11.8. The summed E-state index contributed by atoms with van der Waals surface area (Å²) in [4.78, 5) is 0. The van der Waals surface area contributed by atoms with Gasteiger partial charge in [-0.05, 0) is 24.9 Å². The van der Waals surface area contributed by atoms with Crippen LogP contribution in [0, 0.1) is 11.8 Å². The molecule has 1 aliphatic rings. The number of alkyl halides is 1. The van der Waals surface area contributed by atoms with Gasteiger partial charge in [0.1, 0.15) is 0 Å². The average molecular weight is 117 g/mol. The van der Waals surface area contributed by atoms with Gasteiger partial charge in [0.05, 0.1) is 6.67 Å². The number of hydrogen-bond acceptors (Lipinski definition) is 1. The van der Waals surface area contributed by atoms with Crippen molar-refractivity contribution in [3.8, 4) is 0 Å². The topological polar surface area (TPSA) is 12.0 Å². The third-order valence-corrected chi connectivity index (χ3v) is 1.86. The van der Waals surface area contributed by atoms with Crippen molar-refractivity contribution >= 4 is 0 Å². The molecule has 1 fully saturated rings. The van der Waals surface area contributed by atoms with Gasteiger partial charge in [0.2, 0.25) is 0 Å². The molecule has 0 bridgehead atoms. The van der Waals surface area contributed by atoms with E-state index in [0.29, 0.717) is 5.92 Å². The van der Waals surface area contributed by atoms with Gasteiger partial charge in [-0.3, -0.25) is 4.39 Å². The maximum Gasteiger partial charge on any atom is 0.0923 e. The summed E-state index contributed by atoms with van der Waals surface area (Å²) in [5, 5.41) is 3.11. The van der Waals surface area contributed by atoms with E-state index in [1.54, 1.807) is 0 Å². The molecule has 48 valence electrons. The van der Waals surface area contributed by atoms with Crippen molar-refractivity contribution in [3.05, 3.63) is 0 Å². The maximum absolute atomic E-state index is 11.8. The Labute approximate surface area is 49.3 Å². The lowest BCUT2D eigenvalue weighted by Gasteiger charge is -2.30. The Balaban J connectivity index is 2.13. The summed E-state index contributed by atoms with van der Waals surface area (Å²) in [6.07, 6.45) is 0. The second-order valence-corrected chi connectivity index (χ2v) is 2.55. The lowest BCUT2D eigenvalue weighted by atomic mass is 9.90. The first kappa shape index (κ1) is 6.02. The summed E-state index contributed by atoms with van der Waals surface area (Å²) < 4.78 is 11.8. The van der Waals surface area contributed by atoms with Crippen molar-refractivity contribution in [2.75, 3.05) is 19.8 Å². The van der Waals surface area contributed by atoms with E-state index in [0.717, 1.165) is 13.1 Å². The number of rotatable bonds is 2. The summed E-state index contributed by atoms with van der Waals surface area (Å²) in [5.41, 5.74) is 0. The number of nitrogens with one attached hydrogen (secondary N) is 1. The van der Waals surface area contributed by atoms with Crippen molar-refractivity contribution in [2.45, 2.75) is 6.92 Å². The summed E-state index contributed by atoms with van der Waals surface area (Å²) in [6, 6.07) is 0. The first-order valence-corrected chi connectivity index (χ1v) is 3.11. The Bertz CT molecular complexity index is 68.2. The lowest BCUT2D eigenvalue weighted by molar-refractivity contribution is 0.209. The van der Waals surface area contributed by atoms with Gasteiger partial charge in [-0.15, -0.1) is 0 Å². The Kier molecular flexibility index (Phi) is 1.84. The Hall–Kier alpha value is -0.110. The minimum atomic E-state index is -0.160. The highest BCUT2D eigenvalue weighted by atomic mass is 19.1. The van der Waals surface area contributed by atoms with Crippen LogP contribution >= 0.6 is 0 Å². The Morgan fingerprint density at radius 3 is 2.50 bits per heavy atom. The van der Waals surface area contributed by atoms with Gasteiger partial charge in [0.25, 0.3) is 0 Å². The molecular formula is C6H12FN. The van der Waals surface area contributed by atoms with Crippen LogP contribution < -0.4 is 5.32 Å². The van der Waals surface area contributed by atoms with Crippen molar-refractivity contribution in [1.82, 2.24) is 5.32 Å². The molecule has 0 radical (unpaired) electrons. The zero-order valence-electron chi connectivity index (χ0n) is 5.15. The standard InChI is InChI=1S/C6H12FN/c1-5(2-7)6-3-8-4-6/h5-6,8H,2-4H2,1H3. The summed E-state index contributed by atoms with van der Waals surface area (Å²) in [5.74, 6) is 0.885. The molecule has 0 aromatic heterocycles. The number of hydrogen-bond donors (Lipinski definition) is 1. The minimum Gasteiger partial charge on any atom is -0.316 e. The van der Waals surface area contributed by atoms with E-state index in [2.05, 4.69) is 5.32 Å². The van der Waals surface area contributed by atoms with Crippen LogP contribution in [0.2, 0.25) is 0 Å². The smallest absolute Gasteiger partial charge is 0.0923 e. The van der Waals surface area contributed by atoms with Crippen LogP contribution in [0.3, 0.4) is 0 Å². The predicted octanol–water partition coefficient (Wildman–Crippen LogP) is 0.811. The van der Waals surface area contributed by atoms with Crippen LogP contribution in [0.15, 0.2) is 0 Å². The molecule has 1 saturated heterocycles. The van der Waals surface area contributed by atoms with E-state index in [4.69, 9.17) is 0 Å². The van der Waals surface area contributed by atoms with Crippen LogP contribution in [0.5, 0.6) is 0 Å². The van der Waals surface area contributed by atoms with Crippen molar-refractivity contribution in [3.63, 3.8) is 0 Å². The molecule has 0 aromatic carbocycles. The molecule has 0 aromatic rings. The molecule has 1 heterocycles. The second kappa shape index (κ2) is 2.44. The molecule has 8 heavy (non-hydrogen) atoms. The first-order valence-electron chi connectivity index (χ1n) is 3.11. The third kappa shape index (κ3) is 0.996. The SMILES string of the molecule is CC(CF)C1CNC1. The molecule has 1 unspecified atom stereocenters. The fourth-order valence-corrected chi connectivity index (χ4v) is 0.839. The molecule has 0 amide bonds. The summed E-state index contributed by atoms with van der Waals surface area (Å²) >= 11 is 0. The summed E-state index contributed by atoms with van der Waals surface area (Å²) in [7, 11) is 0. The fraction of sp³-hybridized carbons (Fsp3) is 1.00. The summed E-state index contributed by atoms with van der Waals surface area (Å²) in [6.45, 7) is 3.84. The third-order valence-electron chi connectivity index (χ3n) is 1.86. The van der Waals surface area contributed by atoms with Crippen LogP contribution in [0.4, 0.5) is 4.39 Å². The van der Waals surface area contributed by atoms with Crippen molar-refractivity contribution in [1.29, 1.82) is 0 Å². The van der Waals surface area contributed by atoms with E-state index >= 15 is 0 Å². The molecular weight excluding hydrogens is 105 g/mol. The normalized spacial score (nSPS) is 24.8. The molecule has 0 aliphatic carbocycles. The molecule has 0 saturated carbocycles. The minimum absolute atomic E-state index is 0.160. The van der Waals surface area contributed by atoms with Crippen LogP contribution in [-0.4, -0.2) is 19.8 Å². The van der Waals surface area contributed by atoms with Gasteiger partial charge in [-0.1, -0.05) is 6.92 Å². The van der Waals surface area contributed by atoms with Crippen molar-refractivity contribution in [2.24, 2.45) is 11.8 Å². The van der Waals surface area contributed by atoms with Crippen LogP contribution in [0.25, 0.3) is 0 Å². The molecule has 1 N–H and O–H groups in total. The number of halogens is 1. The van der Waals surface area contributed by atoms with Gasteiger partial charge >= 0.3 is 0 Å². The average Bonchev–Trinajstić information content (AvgIpc) is 1.62. The highest BCUT2D eigenvalue weighted by molar-refractivity contribution is 4.78. The van der Waals surface area contributed by atoms with Gasteiger partial charge in [0.15, 0.2) is 0 Å². The molecule has 1 aliphatic heterocycles. The van der Waals surface area contributed by atoms with Crippen LogP contribution in [0.1, 0.15) is 6.92 Å². The molecule has 1 rings (SSSR count).